The molecule has 1 saturated heterocycles. The van der Waals surface area contributed by atoms with Crippen LogP contribution in [0.5, 0.6) is 0 Å². The minimum atomic E-state index is -0.639. The first-order chi connectivity index (χ1) is 13.5. The predicted molar refractivity (Wildman–Crippen MR) is 107 cm³/mol. The Morgan fingerprint density at radius 2 is 1.82 bits per heavy atom. The van der Waals surface area contributed by atoms with Gasteiger partial charge in [-0.05, 0) is 67.4 Å². The Kier molecular flexibility index (Phi) is 5.33. The average molecular weight is 383 g/mol. The molecule has 0 bridgehead atoms. The topological polar surface area (TPSA) is 55.8 Å². The van der Waals surface area contributed by atoms with E-state index in [1.165, 1.54) is 24.3 Å². The van der Waals surface area contributed by atoms with Gasteiger partial charge in [-0.3, -0.25) is 4.79 Å². The fourth-order valence-corrected chi connectivity index (χ4v) is 4.04. The van der Waals surface area contributed by atoms with Crippen LogP contribution in [0.25, 0.3) is 0 Å². The minimum absolute atomic E-state index is 0.304. The molecule has 2 N–H and O–H groups in total. The van der Waals surface area contributed by atoms with Crippen molar-refractivity contribution in [3.05, 3.63) is 65.0 Å². The Hall–Kier alpha value is -2.44. The summed E-state index contributed by atoms with van der Waals surface area (Å²) >= 11 is 0. The molecule has 2 aromatic rings. The molecule has 1 fully saturated rings. The highest BCUT2D eigenvalue weighted by Gasteiger charge is 2.30. The fourth-order valence-electron chi connectivity index (χ4n) is 4.04. The van der Waals surface area contributed by atoms with E-state index >= 15 is 0 Å². The molecule has 2 aromatic carbocycles. The van der Waals surface area contributed by atoms with Gasteiger partial charge in [0.15, 0.2) is 0 Å². The van der Waals surface area contributed by atoms with Crippen LogP contribution in [-0.4, -0.2) is 55.2 Å². The number of hydrogen-bond acceptors (Lipinski definition) is 4. The molecular weight excluding hydrogens is 357 g/mol. The standard InChI is InChI=1S/C22H26FN3O2/c1-25-10-12-26(13-11-25)18-8-4-15-5-9-20(27)21(19(15)14-18)24-22(28)16-2-6-17(23)7-3-16/h2-4,6-8,14,20-21,27H,5,9-13H2,1H3,(H,24,28)/t20-,21-/m0/s1. The molecule has 28 heavy (non-hydrogen) atoms. The Morgan fingerprint density at radius 3 is 2.54 bits per heavy atom. The number of amides is 1. The quantitative estimate of drug-likeness (QED) is 0.854. The highest BCUT2D eigenvalue weighted by molar-refractivity contribution is 5.94. The van der Waals surface area contributed by atoms with Crippen molar-refractivity contribution >= 4 is 11.6 Å². The third-order valence-corrected chi connectivity index (χ3v) is 5.82. The first-order valence-electron chi connectivity index (χ1n) is 9.82. The SMILES string of the molecule is CN1CCN(c2ccc3c(c2)[C@H](NC(=O)c2ccc(F)cc2)[C@@H](O)CC3)CC1. The van der Waals surface area contributed by atoms with Gasteiger partial charge < -0.3 is 20.2 Å². The number of aliphatic hydroxyl groups excluding tert-OH is 1. The van der Waals surface area contributed by atoms with Crippen molar-refractivity contribution in [2.24, 2.45) is 0 Å². The summed E-state index contributed by atoms with van der Waals surface area (Å²) in [5, 5.41) is 13.6. The van der Waals surface area contributed by atoms with Crippen LogP contribution >= 0.6 is 0 Å². The Morgan fingerprint density at radius 1 is 1.11 bits per heavy atom. The summed E-state index contributed by atoms with van der Waals surface area (Å²) in [5.41, 5.74) is 3.65. The van der Waals surface area contributed by atoms with Gasteiger partial charge in [0, 0.05) is 37.4 Å². The van der Waals surface area contributed by atoms with Crippen molar-refractivity contribution in [2.75, 3.05) is 38.1 Å². The number of likely N-dealkylation sites (N-methyl/N-ethyl adjacent to an activating group) is 1. The molecule has 0 radical (unpaired) electrons. The zero-order valence-electron chi connectivity index (χ0n) is 16.1. The molecule has 1 amide bonds. The van der Waals surface area contributed by atoms with Gasteiger partial charge in [0.05, 0.1) is 12.1 Å². The number of rotatable bonds is 3. The van der Waals surface area contributed by atoms with Crippen molar-refractivity contribution < 1.29 is 14.3 Å². The maximum absolute atomic E-state index is 13.1. The maximum Gasteiger partial charge on any atom is 0.251 e. The second-order valence-electron chi connectivity index (χ2n) is 7.74. The number of piperazine rings is 1. The van der Waals surface area contributed by atoms with Crippen LogP contribution in [0.3, 0.4) is 0 Å². The van der Waals surface area contributed by atoms with Crippen molar-refractivity contribution in [1.29, 1.82) is 0 Å². The number of carbonyl (C=O) groups is 1. The summed E-state index contributed by atoms with van der Waals surface area (Å²) in [6.45, 7) is 3.96. The van der Waals surface area contributed by atoms with Crippen LogP contribution in [0.4, 0.5) is 10.1 Å². The Balaban J connectivity index is 1.58. The molecule has 1 heterocycles. The van der Waals surface area contributed by atoms with Gasteiger partial charge in [0.25, 0.3) is 5.91 Å². The number of fused-ring (bicyclic) bond motifs is 1. The van der Waals surface area contributed by atoms with E-state index in [4.69, 9.17) is 0 Å². The molecule has 1 aliphatic heterocycles. The highest BCUT2D eigenvalue weighted by Crippen LogP contribution is 2.33. The zero-order valence-corrected chi connectivity index (χ0v) is 16.1. The molecule has 148 valence electrons. The third-order valence-electron chi connectivity index (χ3n) is 5.82. The number of carbonyl (C=O) groups excluding carboxylic acids is 1. The fraction of sp³-hybridized carbons (Fsp3) is 0.409. The van der Waals surface area contributed by atoms with E-state index in [-0.39, 0.29) is 11.7 Å². The lowest BCUT2D eigenvalue weighted by molar-refractivity contribution is 0.0791. The smallest absolute Gasteiger partial charge is 0.251 e. The van der Waals surface area contributed by atoms with Crippen LogP contribution in [0.2, 0.25) is 0 Å². The number of nitrogens with one attached hydrogen (secondary N) is 1. The van der Waals surface area contributed by atoms with Gasteiger partial charge in [-0.1, -0.05) is 6.07 Å². The van der Waals surface area contributed by atoms with Gasteiger partial charge in [-0.15, -0.1) is 0 Å². The molecule has 6 heteroatoms. The zero-order chi connectivity index (χ0) is 19.7. The Bertz CT molecular complexity index is 847. The molecule has 0 aromatic heterocycles. The monoisotopic (exact) mass is 383 g/mol. The average Bonchev–Trinajstić information content (AvgIpc) is 2.71. The molecule has 4 rings (SSSR count). The first-order valence-corrected chi connectivity index (χ1v) is 9.82. The maximum atomic E-state index is 13.1. The number of anilines is 1. The number of hydrogen-bond donors (Lipinski definition) is 2. The predicted octanol–water partition coefficient (Wildman–Crippen LogP) is 2.36. The second-order valence-corrected chi connectivity index (χ2v) is 7.74. The van der Waals surface area contributed by atoms with Crippen molar-refractivity contribution in [3.8, 4) is 0 Å². The molecule has 2 aliphatic rings. The van der Waals surface area contributed by atoms with Gasteiger partial charge in [0.2, 0.25) is 0 Å². The Labute approximate surface area is 164 Å². The van der Waals surface area contributed by atoms with Crippen LogP contribution in [0.1, 0.15) is 33.9 Å². The number of nitrogens with zero attached hydrogens (tertiary/aromatic N) is 2. The summed E-state index contributed by atoms with van der Waals surface area (Å²) in [7, 11) is 2.13. The van der Waals surface area contributed by atoms with E-state index in [1.54, 1.807) is 0 Å². The summed E-state index contributed by atoms with van der Waals surface area (Å²) in [6, 6.07) is 11.4. The van der Waals surface area contributed by atoms with Crippen molar-refractivity contribution in [1.82, 2.24) is 10.2 Å². The lowest BCUT2D eigenvalue weighted by atomic mass is 9.85. The van der Waals surface area contributed by atoms with Crippen molar-refractivity contribution in [2.45, 2.75) is 25.0 Å². The molecule has 0 saturated carbocycles. The van der Waals surface area contributed by atoms with E-state index < -0.39 is 12.1 Å². The molecule has 0 unspecified atom stereocenters. The minimum Gasteiger partial charge on any atom is -0.391 e. The van der Waals surface area contributed by atoms with Gasteiger partial charge in [-0.25, -0.2) is 4.39 Å². The van der Waals surface area contributed by atoms with Crippen LogP contribution < -0.4 is 10.2 Å². The number of aliphatic hydroxyl groups is 1. The molecule has 1 aliphatic carbocycles. The van der Waals surface area contributed by atoms with Gasteiger partial charge in [0.1, 0.15) is 5.82 Å². The summed E-state index contributed by atoms with van der Waals surface area (Å²) in [6.07, 6.45) is 0.761. The first kappa shape index (κ1) is 18.9. The third kappa shape index (κ3) is 3.88. The molecular formula is C22H26FN3O2. The van der Waals surface area contributed by atoms with E-state index in [2.05, 4.69) is 40.4 Å². The van der Waals surface area contributed by atoms with Gasteiger partial charge in [-0.2, -0.15) is 0 Å². The van der Waals surface area contributed by atoms with E-state index in [0.717, 1.165) is 49.4 Å². The van der Waals surface area contributed by atoms with E-state index in [9.17, 15) is 14.3 Å². The number of aryl methyl sites for hydroxylation is 1. The lowest BCUT2D eigenvalue weighted by Gasteiger charge is -2.36. The van der Waals surface area contributed by atoms with Gasteiger partial charge >= 0.3 is 0 Å². The van der Waals surface area contributed by atoms with Crippen LogP contribution in [-0.2, 0) is 6.42 Å². The molecule has 0 spiro atoms. The lowest BCUT2D eigenvalue weighted by Crippen LogP contribution is -2.44. The number of halogens is 1. The largest absolute Gasteiger partial charge is 0.391 e. The van der Waals surface area contributed by atoms with E-state index in [1.807, 2.05) is 0 Å². The molecule has 5 nitrogen and oxygen atoms in total. The number of benzene rings is 2. The highest BCUT2D eigenvalue weighted by atomic mass is 19.1. The summed E-state index contributed by atoms with van der Waals surface area (Å²) in [5.74, 6) is -0.682. The summed E-state index contributed by atoms with van der Waals surface area (Å²) in [4.78, 5) is 17.3. The molecule has 2 atom stereocenters. The normalized spacial score (nSPS) is 22.6. The second kappa shape index (κ2) is 7.89. The van der Waals surface area contributed by atoms with E-state index in [0.29, 0.717) is 12.0 Å². The summed E-state index contributed by atoms with van der Waals surface area (Å²) < 4.78 is 13.1. The van der Waals surface area contributed by atoms with Crippen LogP contribution in [0.15, 0.2) is 42.5 Å². The van der Waals surface area contributed by atoms with Crippen molar-refractivity contribution in [3.63, 3.8) is 0 Å². The van der Waals surface area contributed by atoms with Crippen LogP contribution in [0, 0.1) is 5.82 Å².